The van der Waals surface area contributed by atoms with Gasteiger partial charge in [-0.1, -0.05) is 354 Å². The summed E-state index contributed by atoms with van der Waals surface area (Å²) in [5.74, 6) is -0.787. The highest BCUT2D eigenvalue weighted by molar-refractivity contribution is 7.47. The highest BCUT2D eigenvalue weighted by atomic mass is 31.2. The molecule has 0 heterocycles. The third-order valence-corrected chi connectivity index (χ3v) is 18.0. The molecule has 0 fully saturated rings. The minimum Gasteiger partial charge on any atom is -0.462 e. The molecule has 1 N–H and O–H groups in total. The minimum absolute atomic E-state index is 0.0297. The molecule has 0 aromatic carbocycles. The number of hydrogen-bond donors (Lipinski definition) is 1. The fraction of sp³-hybridized carbons (Fsp3) is 0.738. The largest absolute Gasteiger partial charge is 0.472 e. The monoisotopic (exact) mass is 1330 g/mol. The maximum absolute atomic E-state index is 12.9. The molecule has 94 heavy (non-hydrogen) atoms. The van der Waals surface area contributed by atoms with Gasteiger partial charge < -0.3 is 18.9 Å². The van der Waals surface area contributed by atoms with Crippen molar-refractivity contribution < 1.29 is 42.1 Å². The van der Waals surface area contributed by atoms with Gasteiger partial charge in [0.05, 0.1) is 27.7 Å². The number of likely N-dealkylation sites (N-methyl/N-ethyl adjacent to an activating group) is 1. The van der Waals surface area contributed by atoms with E-state index in [1.54, 1.807) is 0 Å². The maximum atomic E-state index is 12.9. The fourth-order valence-corrected chi connectivity index (χ4v) is 11.8. The van der Waals surface area contributed by atoms with Gasteiger partial charge in [-0.15, -0.1) is 0 Å². The second-order valence-corrected chi connectivity index (χ2v) is 28.8. The zero-order valence-corrected chi connectivity index (χ0v) is 62.8. The summed E-state index contributed by atoms with van der Waals surface area (Å²) >= 11 is 0. The van der Waals surface area contributed by atoms with E-state index in [1.165, 1.54) is 218 Å². The first-order valence-corrected chi connectivity index (χ1v) is 40.8. The SMILES string of the molecule is CC/C=C\C/C=C\C/C=C\C/C=C\C/C=C\CCCCCCCCCCCCCCCCCCCCCCCCCCCC(=O)OC(COC(=O)CCCCCCCCCCCCCCC/C=C\C/C=C\C/C=C\C/C=C\C/C=C\CC)COP(=O)(O)OCC[N+](C)(C)C. The van der Waals surface area contributed by atoms with Crippen molar-refractivity contribution in [3.8, 4) is 0 Å². The van der Waals surface area contributed by atoms with Crippen LogP contribution in [0.5, 0.6) is 0 Å². The van der Waals surface area contributed by atoms with Gasteiger partial charge >= 0.3 is 19.8 Å². The first kappa shape index (κ1) is 90.4. The number of esters is 2. The van der Waals surface area contributed by atoms with Crippen molar-refractivity contribution in [3.05, 3.63) is 122 Å². The summed E-state index contributed by atoms with van der Waals surface area (Å²) in [5.41, 5.74) is 0. The lowest BCUT2D eigenvalue weighted by atomic mass is 10.0. The Morgan fingerprint density at radius 2 is 0.574 bits per heavy atom. The van der Waals surface area contributed by atoms with Crippen LogP contribution in [0.1, 0.15) is 348 Å². The topological polar surface area (TPSA) is 108 Å². The van der Waals surface area contributed by atoms with Crippen LogP contribution in [-0.4, -0.2) is 74.9 Å². The Morgan fingerprint density at radius 1 is 0.330 bits per heavy atom. The van der Waals surface area contributed by atoms with Crippen molar-refractivity contribution in [2.75, 3.05) is 47.5 Å². The third kappa shape index (κ3) is 77.4. The zero-order valence-electron chi connectivity index (χ0n) is 61.9. The summed E-state index contributed by atoms with van der Waals surface area (Å²) in [4.78, 5) is 36.0. The molecule has 2 unspecified atom stereocenters. The van der Waals surface area contributed by atoms with Gasteiger partial charge in [-0.3, -0.25) is 18.6 Å². The summed E-state index contributed by atoms with van der Waals surface area (Å²) < 4.78 is 34.8. The predicted molar refractivity (Wildman–Crippen MR) is 408 cm³/mol. The summed E-state index contributed by atoms with van der Waals surface area (Å²) in [6.07, 6.45) is 106. The Morgan fingerprint density at radius 3 is 0.851 bits per heavy atom. The number of hydrogen-bond acceptors (Lipinski definition) is 7. The van der Waals surface area contributed by atoms with Gasteiger partial charge in [0.15, 0.2) is 6.10 Å². The summed E-state index contributed by atoms with van der Waals surface area (Å²) in [6, 6.07) is 0. The van der Waals surface area contributed by atoms with E-state index in [2.05, 4.69) is 135 Å². The van der Waals surface area contributed by atoms with Crippen molar-refractivity contribution in [2.24, 2.45) is 0 Å². The third-order valence-electron chi connectivity index (χ3n) is 17.0. The highest BCUT2D eigenvalue weighted by Crippen LogP contribution is 2.43. The molecule has 2 atom stereocenters. The molecule has 0 bridgehead atoms. The van der Waals surface area contributed by atoms with Gasteiger partial charge in [0.25, 0.3) is 0 Å². The van der Waals surface area contributed by atoms with Crippen LogP contribution in [0.2, 0.25) is 0 Å². The Labute approximate surface area is 581 Å². The normalized spacial score (nSPS) is 13.7. The van der Waals surface area contributed by atoms with Crippen LogP contribution >= 0.6 is 7.82 Å². The molecule has 0 aromatic rings. The molecule has 0 aliphatic heterocycles. The van der Waals surface area contributed by atoms with E-state index < -0.39 is 26.5 Å². The molecule has 0 aliphatic rings. The van der Waals surface area contributed by atoms with Gasteiger partial charge in [0.2, 0.25) is 0 Å². The van der Waals surface area contributed by atoms with Crippen LogP contribution < -0.4 is 0 Å². The molecule has 0 rings (SSSR count). The summed E-state index contributed by atoms with van der Waals surface area (Å²) in [6.45, 7) is 4.24. The van der Waals surface area contributed by atoms with Crippen LogP contribution in [0.3, 0.4) is 0 Å². The molecule has 10 heteroatoms. The molecule has 0 radical (unpaired) electrons. The zero-order chi connectivity index (χ0) is 68.3. The Hall–Kier alpha value is -3.59. The van der Waals surface area contributed by atoms with Crippen LogP contribution in [0.25, 0.3) is 0 Å². The standard InChI is InChI=1S/C84H148NO8P/c1-6-8-10-12-14-16-18-20-22-24-26-28-30-32-34-36-37-38-39-40-41-42-43-44-45-46-47-49-51-53-55-57-59-61-63-65-67-69-71-73-75-77-84(87)93-82(81-92-94(88,89)91-79-78-85(3,4)5)80-90-83(86)76-74-72-70-68-66-64-62-60-58-56-54-52-50-48-35-33-31-29-27-25-23-21-19-17-15-13-11-9-7-2/h8-11,14-17,20-23,26-29,32-35,82H,6-7,12-13,18-19,24-25,30-31,36-81H2,1-5H3/p+1/b10-8-,11-9-,16-14-,17-15-,22-20-,23-21-,28-26-,29-27-,34-32-,35-33-. The molecular weight excluding hydrogens is 1180 g/mol. The summed E-state index contributed by atoms with van der Waals surface area (Å²) in [5, 5.41) is 0. The van der Waals surface area contributed by atoms with Crippen molar-refractivity contribution in [3.63, 3.8) is 0 Å². The number of phosphoric ester groups is 1. The fourth-order valence-electron chi connectivity index (χ4n) is 11.1. The number of quaternary nitrogens is 1. The first-order valence-electron chi connectivity index (χ1n) is 39.3. The first-order chi connectivity index (χ1) is 46.0. The quantitative estimate of drug-likeness (QED) is 0.0211. The molecular formula is C84H149NO8P+. The molecule has 0 saturated heterocycles. The van der Waals surface area contributed by atoms with Gasteiger partial charge in [0.1, 0.15) is 19.8 Å². The lowest BCUT2D eigenvalue weighted by Gasteiger charge is -2.24. The van der Waals surface area contributed by atoms with Crippen LogP contribution in [0.4, 0.5) is 0 Å². The number of allylic oxidation sites excluding steroid dienone is 20. The molecule has 0 aliphatic carbocycles. The number of unbranched alkanes of at least 4 members (excludes halogenated alkanes) is 38. The number of carbonyl (C=O) groups excluding carboxylic acids is 2. The Balaban J connectivity index is 3.94. The lowest BCUT2D eigenvalue weighted by Crippen LogP contribution is -2.37. The van der Waals surface area contributed by atoms with Crippen LogP contribution in [-0.2, 0) is 32.7 Å². The van der Waals surface area contributed by atoms with Crippen LogP contribution in [0.15, 0.2) is 122 Å². The van der Waals surface area contributed by atoms with E-state index in [-0.39, 0.29) is 32.0 Å². The Kier molecular flexibility index (Phi) is 70.8. The molecule has 542 valence electrons. The number of rotatable bonds is 72. The van der Waals surface area contributed by atoms with Crippen molar-refractivity contribution >= 4 is 19.8 Å². The smallest absolute Gasteiger partial charge is 0.462 e. The van der Waals surface area contributed by atoms with E-state index in [0.717, 1.165) is 96.3 Å². The number of phosphoric acid groups is 1. The van der Waals surface area contributed by atoms with Crippen molar-refractivity contribution in [2.45, 2.75) is 354 Å². The second kappa shape index (κ2) is 73.7. The predicted octanol–water partition coefficient (Wildman–Crippen LogP) is 26.2. The van der Waals surface area contributed by atoms with E-state index in [9.17, 15) is 19.0 Å². The number of carbonyl (C=O) groups is 2. The molecule has 9 nitrogen and oxygen atoms in total. The van der Waals surface area contributed by atoms with Gasteiger partial charge in [-0.05, 0) is 103 Å². The van der Waals surface area contributed by atoms with Gasteiger partial charge in [-0.25, -0.2) is 4.57 Å². The maximum Gasteiger partial charge on any atom is 0.472 e. The molecule has 0 saturated carbocycles. The molecule has 0 spiro atoms. The van der Waals surface area contributed by atoms with Crippen molar-refractivity contribution in [1.82, 2.24) is 0 Å². The average molecular weight is 1330 g/mol. The minimum atomic E-state index is -4.40. The van der Waals surface area contributed by atoms with Crippen LogP contribution in [0, 0.1) is 0 Å². The molecule has 0 aromatic heterocycles. The van der Waals surface area contributed by atoms with E-state index in [1.807, 2.05) is 21.1 Å². The van der Waals surface area contributed by atoms with Gasteiger partial charge in [-0.2, -0.15) is 0 Å². The summed E-state index contributed by atoms with van der Waals surface area (Å²) in [7, 11) is 1.48. The van der Waals surface area contributed by atoms with E-state index >= 15 is 0 Å². The number of ether oxygens (including phenoxy) is 2. The number of nitrogens with zero attached hydrogens (tertiary/aromatic N) is 1. The van der Waals surface area contributed by atoms with E-state index in [4.69, 9.17) is 18.5 Å². The molecule has 0 amide bonds. The van der Waals surface area contributed by atoms with E-state index in [0.29, 0.717) is 17.4 Å². The Bertz CT molecular complexity index is 2010. The second-order valence-electron chi connectivity index (χ2n) is 27.3. The van der Waals surface area contributed by atoms with Crippen molar-refractivity contribution in [1.29, 1.82) is 0 Å². The van der Waals surface area contributed by atoms with Gasteiger partial charge in [0, 0.05) is 12.8 Å². The lowest BCUT2D eigenvalue weighted by molar-refractivity contribution is -0.870. The average Bonchev–Trinajstić information content (AvgIpc) is 1.57. The highest BCUT2D eigenvalue weighted by Gasteiger charge is 2.27.